The number of esters is 1. The van der Waals surface area contributed by atoms with Crippen molar-refractivity contribution in [1.29, 1.82) is 0 Å². The molecule has 3 heterocycles. The van der Waals surface area contributed by atoms with Crippen molar-refractivity contribution in [1.82, 2.24) is 25.0 Å². The summed E-state index contributed by atoms with van der Waals surface area (Å²) < 4.78 is 12.7. The van der Waals surface area contributed by atoms with Gasteiger partial charge in [0, 0.05) is 37.1 Å². The van der Waals surface area contributed by atoms with Crippen LogP contribution in [0.3, 0.4) is 0 Å². The molecule has 0 spiro atoms. The van der Waals surface area contributed by atoms with Gasteiger partial charge in [-0.05, 0) is 25.3 Å². The summed E-state index contributed by atoms with van der Waals surface area (Å²) in [6.45, 7) is 5.65. The molecule has 35 heavy (non-hydrogen) atoms. The summed E-state index contributed by atoms with van der Waals surface area (Å²) in [7, 11) is 1.38. The van der Waals surface area contributed by atoms with Crippen LogP contribution in [0.5, 0.6) is 0 Å². The molecule has 2 aliphatic heterocycles. The van der Waals surface area contributed by atoms with E-state index in [-0.39, 0.29) is 12.1 Å². The van der Waals surface area contributed by atoms with Gasteiger partial charge in [0.25, 0.3) is 0 Å². The van der Waals surface area contributed by atoms with Crippen LogP contribution in [-0.4, -0.2) is 76.9 Å². The Bertz CT molecular complexity index is 1110. The average Bonchev–Trinajstić information content (AvgIpc) is 3.65. The number of benzene rings is 1. The topological polar surface area (TPSA) is 102 Å². The molecule has 186 valence electrons. The number of methoxy groups -OCH3 is 1. The first kappa shape index (κ1) is 23.7. The lowest BCUT2D eigenvalue weighted by molar-refractivity contribution is -0.136. The molecule has 1 saturated carbocycles. The van der Waals surface area contributed by atoms with Crippen molar-refractivity contribution in [3.8, 4) is 0 Å². The Hall–Kier alpha value is -3.05. The van der Waals surface area contributed by atoms with Crippen LogP contribution in [0.1, 0.15) is 31.4 Å². The molecular formula is C24H30N6O4S. The molecule has 0 bridgehead atoms. The molecule has 0 radical (unpaired) electrons. The maximum Gasteiger partial charge on any atom is 0.338 e. The fourth-order valence-corrected chi connectivity index (χ4v) is 5.61. The van der Waals surface area contributed by atoms with Crippen molar-refractivity contribution < 1.29 is 19.1 Å². The zero-order chi connectivity index (χ0) is 24.4. The largest absolute Gasteiger partial charge is 0.466 e. The smallest absolute Gasteiger partial charge is 0.338 e. The van der Waals surface area contributed by atoms with Gasteiger partial charge in [0.1, 0.15) is 0 Å². The van der Waals surface area contributed by atoms with Crippen LogP contribution in [-0.2, 0) is 20.8 Å². The highest BCUT2D eigenvalue weighted by molar-refractivity contribution is 7.99. The third kappa shape index (κ3) is 4.74. The summed E-state index contributed by atoms with van der Waals surface area (Å²) in [5.74, 6) is 0.785. The Balaban J connectivity index is 1.49. The molecule has 1 aliphatic carbocycles. The van der Waals surface area contributed by atoms with E-state index in [4.69, 9.17) is 9.47 Å². The molecule has 2 amide bonds. The lowest BCUT2D eigenvalue weighted by atomic mass is 9.95. The number of carbonyl (C=O) groups excluding carboxylic acids is 2. The molecule has 1 atom stereocenters. The number of hydrogen-bond acceptors (Lipinski definition) is 8. The van der Waals surface area contributed by atoms with Gasteiger partial charge in [0.15, 0.2) is 5.16 Å². The van der Waals surface area contributed by atoms with Gasteiger partial charge in [0.2, 0.25) is 5.95 Å². The molecule has 3 aliphatic rings. The van der Waals surface area contributed by atoms with Crippen LogP contribution < -0.4 is 10.2 Å². The Morgan fingerprint density at radius 3 is 2.60 bits per heavy atom. The van der Waals surface area contributed by atoms with E-state index >= 15 is 0 Å². The number of hydrogen-bond donors (Lipinski definition) is 1. The lowest BCUT2D eigenvalue weighted by Crippen LogP contribution is -2.50. The number of anilines is 1. The number of nitrogens with one attached hydrogen (secondary N) is 1. The third-order valence-electron chi connectivity index (χ3n) is 6.47. The molecule has 2 fully saturated rings. The highest BCUT2D eigenvalue weighted by Crippen LogP contribution is 2.40. The first-order chi connectivity index (χ1) is 17.1. The minimum atomic E-state index is -0.574. The van der Waals surface area contributed by atoms with Crippen LogP contribution >= 0.6 is 11.8 Å². The second-order valence-corrected chi connectivity index (χ2v) is 9.60. The molecule has 10 nitrogen and oxygen atoms in total. The van der Waals surface area contributed by atoms with E-state index < -0.39 is 12.0 Å². The van der Waals surface area contributed by atoms with Crippen LogP contribution in [0.2, 0.25) is 0 Å². The number of rotatable bonds is 8. The van der Waals surface area contributed by atoms with Crippen LogP contribution in [0, 0.1) is 0 Å². The number of amides is 2. The van der Waals surface area contributed by atoms with E-state index in [1.165, 1.54) is 18.9 Å². The highest BCUT2D eigenvalue weighted by atomic mass is 32.2. The second-order valence-electron chi connectivity index (χ2n) is 8.66. The van der Waals surface area contributed by atoms with E-state index in [9.17, 15) is 9.59 Å². The first-order valence-electron chi connectivity index (χ1n) is 12.0. The van der Waals surface area contributed by atoms with E-state index in [0.717, 1.165) is 42.6 Å². The Morgan fingerprint density at radius 1 is 1.20 bits per heavy atom. The maximum atomic E-state index is 13.2. The predicted octanol–water partition coefficient (Wildman–Crippen LogP) is 2.58. The average molecular weight is 499 g/mol. The second kappa shape index (κ2) is 10.3. The normalized spacial score (nSPS) is 20.7. The summed E-state index contributed by atoms with van der Waals surface area (Å²) in [4.78, 5) is 30.2. The highest BCUT2D eigenvalue weighted by Gasteiger charge is 2.44. The van der Waals surface area contributed by atoms with Gasteiger partial charge in [0.05, 0.1) is 31.9 Å². The van der Waals surface area contributed by atoms with Gasteiger partial charge in [-0.2, -0.15) is 0 Å². The molecule has 5 rings (SSSR count). The van der Waals surface area contributed by atoms with Crippen molar-refractivity contribution >= 4 is 29.7 Å². The van der Waals surface area contributed by atoms with E-state index in [1.807, 2.05) is 30.3 Å². The zero-order valence-corrected chi connectivity index (χ0v) is 20.8. The zero-order valence-electron chi connectivity index (χ0n) is 20.0. The predicted molar refractivity (Wildman–Crippen MR) is 131 cm³/mol. The Kier molecular flexibility index (Phi) is 6.96. The van der Waals surface area contributed by atoms with Crippen molar-refractivity contribution in [2.45, 2.75) is 43.6 Å². The van der Waals surface area contributed by atoms with Crippen LogP contribution in [0.15, 0.2) is 46.8 Å². The van der Waals surface area contributed by atoms with Gasteiger partial charge in [-0.1, -0.05) is 42.1 Å². The monoisotopic (exact) mass is 498 g/mol. The Labute approximate surface area is 208 Å². The molecule has 1 saturated heterocycles. The molecule has 1 unspecified atom stereocenters. The number of nitrogens with zero attached hydrogens (tertiary/aromatic N) is 5. The minimum Gasteiger partial charge on any atom is -0.466 e. The van der Waals surface area contributed by atoms with Gasteiger partial charge in [-0.25, -0.2) is 9.59 Å². The van der Waals surface area contributed by atoms with Crippen LogP contribution in [0.4, 0.5) is 10.7 Å². The molecule has 1 aromatic carbocycles. The summed E-state index contributed by atoms with van der Waals surface area (Å²) in [5, 5.41) is 12.7. The molecule has 1 N–H and O–H groups in total. The van der Waals surface area contributed by atoms with Crippen molar-refractivity contribution in [2.24, 2.45) is 0 Å². The third-order valence-corrected chi connectivity index (χ3v) is 7.45. The van der Waals surface area contributed by atoms with Gasteiger partial charge in [-0.3, -0.25) is 9.47 Å². The van der Waals surface area contributed by atoms with E-state index in [1.54, 1.807) is 4.90 Å². The minimum absolute atomic E-state index is 0.0925. The van der Waals surface area contributed by atoms with Crippen molar-refractivity contribution in [3.05, 3.63) is 47.2 Å². The summed E-state index contributed by atoms with van der Waals surface area (Å²) in [6, 6.07) is 8.86. The SMILES string of the molecule is CCn1c(SCC2=C(C(=O)OC)C(c3ccccc3)NC(=O)N2C2CC2)nnc1N1CCOCC1. The molecule has 2 aromatic rings. The number of morpholine rings is 1. The standard InChI is InChI=1S/C24H30N6O4S/c1-3-29-22(28-11-13-34-14-12-28)26-27-24(29)35-15-18-19(21(31)33-2)20(16-7-5-4-6-8-16)25-23(32)30(18)17-9-10-17/h4-8,17,20H,3,9-15H2,1-2H3,(H,25,32). The van der Waals surface area contributed by atoms with E-state index in [2.05, 4.69) is 31.9 Å². The van der Waals surface area contributed by atoms with Crippen molar-refractivity contribution in [2.75, 3.05) is 44.1 Å². The number of ether oxygens (including phenoxy) is 2. The summed E-state index contributed by atoms with van der Waals surface area (Å²) >= 11 is 1.49. The number of urea groups is 1. The maximum absolute atomic E-state index is 13.2. The van der Waals surface area contributed by atoms with Gasteiger partial charge in [-0.15, -0.1) is 10.2 Å². The van der Waals surface area contributed by atoms with Crippen LogP contribution in [0.25, 0.3) is 0 Å². The number of aromatic nitrogens is 3. The number of carbonyl (C=O) groups is 2. The molecular weight excluding hydrogens is 468 g/mol. The quantitative estimate of drug-likeness (QED) is 0.438. The molecule has 11 heteroatoms. The molecule has 1 aromatic heterocycles. The van der Waals surface area contributed by atoms with E-state index in [0.29, 0.717) is 36.8 Å². The Morgan fingerprint density at radius 2 is 1.94 bits per heavy atom. The van der Waals surface area contributed by atoms with Crippen molar-refractivity contribution in [3.63, 3.8) is 0 Å². The number of thioether (sulfide) groups is 1. The lowest BCUT2D eigenvalue weighted by Gasteiger charge is -2.36. The summed E-state index contributed by atoms with van der Waals surface area (Å²) in [5.41, 5.74) is 1.99. The van der Waals surface area contributed by atoms with Gasteiger partial charge < -0.3 is 19.7 Å². The van der Waals surface area contributed by atoms with Gasteiger partial charge >= 0.3 is 12.0 Å². The summed E-state index contributed by atoms with van der Waals surface area (Å²) in [6.07, 6.45) is 1.83. The first-order valence-corrected chi connectivity index (χ1v) is 13.0. The fraction of sp³-hybridized carbons (Fsp3) is 0.500. The fourth-order valence-electron chi connectivity index (χ4n) is 4.59.